The monoisotopic (exact) mass is 202 g/mol. The van der Waals surface area contributed by atoms with Crippen LogP contribution >= 0.6 is 0 Å². The van der Waals surface area contributed by atoms with Gasteiger partial charge in [0, 0.05) is 18.5 Å². The van der Waals surface area contributed by atoms with Gasteiger partial charge in [0.1, 0.15) is 0 Å². The average Bonchev–Trinajstić information content (AvgIpc) is 2.27. The Balaban J connectivity index is 2.55. The lowest BCUT2D eigenvalue weighted by molar-refractivity contribution is -0.125. The lowest BCUT2D eigenvalue weighted by Gasteiger charge is -1.94. The highest BCUT2D eigenvalue weighted by Gasteiger charge is 1.98. The van der Waals surface area contributed by atoms with E-state index in [9.17, 15) is 9.59 Å². The molecule has 76 valence electrons. The lowest BCUT2D eigenvalue weighted by atomic mass is 10.2. The quantitative estimate of drug-likeness (QED) is 0.741. The van der Waals surface area contributed by atoms with Crippen LogP contribution in [-0.2, 0) is 9.59 Å². The minimum atomic E-state index is -0.518. The maximum atomic E-state index is 11.1. The van der Waals surface area contributed by atoms with Crippen molar-refractivity contribution in [2.24, 2.45) is 0 Å². The Morgan fingerprint density at radius 1 is 1.40 bits per heavy atom. The van der Waals surface area contributed by atoms with Gasteiger partial charge in [-0.3, -0.25) is 19.9 Å². The van der Waals surface area contributed by atoms with Crippen molar-refractivity contribution in [1.82, 2.24) is 10.3 Å². The molecule has 0 fully saturated rings. The normalized spacial score (nSPS) is 9.87. The number of imide groups is 1. The van der Waals surface area contributed by atoms with Crippen LogP contribution < -0.4 is 5.32 Å². The van der Waals surface area contributed by atoms with E-state index < -0.39 is 11.8 Å². The number of carbonyl (C=O) groups excluding carboxylic acids is 2. The molecule has 1 aromatic heterocycles. The Labute approximate surface area is 87.3 Å². The summed E-state index contributed by atoms with van der Waals surface area (Å²) >= 11 is 0. The molecule has 15 heavy (non-hydrogen) atoms. The molecule has 1 rings (SSSR count). The summed E-state index contributed by atoms with van der Waals surface area (Å²) in [6, 6.07) is 3.55. The summed E-state index contributed by atoms with van der Waals surface area (Å²) in [5.41, 5.74) is 0.790. The van der Waals surface area contributed by atoms with E-state index in [1.807, 2.05) is 0 Å². The predicted octanol–water partition coefficient (Wildman–Crippen LogP) is 0.924. The van der Waals surface area contributed by atoms with E-state index in [1.165, 1.54) is 6.08 Å². The van der Waals surface area contributed by atoms with Crippen molar-refractivity contribution in [2.45, 2.75) is 0 Å². The van der Waals surface area contributed by atoms with Gasteiger partial charge in [-0.15, -0.1) is 0 Å². The van der Waals surface area contributed by atoms with Gasteiger partial charge in [-0.25, -0.2) is 0 Å². The van der Waals surface area contributed by atoms with Crippen LogP contribution in [0.25, 0.3) is 6.08 Å². The highest BCUT2D eigenvalue weighted by atomic mass is 16.2. The van der Waals surface area contributed by atoms with Crippen molar-refractivity contribution in [3.63, 3.8) is 0 Å². The number of aromatic nitrogens is 1. The number of nitrogens with zero attached hydrogens (tertiary/aromatic N) is 1. The van der Waals surface area contributed by atoms with E-state index in [1.54, 1.807) is 30.6 Å². The molecule has 0 radical (unpaired) electrons. The van der Waals surface area contributed by atoms with Crippen LogP contribution in [0.3, 0.4) is 0 Å². The Morgan fingerprint density at radius 3 is 2.80 bits per heavy atom. The third-order valence-corrected chi connectivity index (χ3v) is 1.54. The zero-order chi connectivity index (χ0) is 11.1. The van der Waals surface area contributed by atoms with Crippen molar-refractivity contribution >= 4 is 17.9 Å². The molecule has 0 atom stereocenters. The molecular formula is C11H10N2O2. The van der Waals surface area contributed by atoms with Crippen LogP contribution in [0.1, 0.15) is 5.56 Å². The van der Waals surface area contributed by atoms with E-state index in [2.05, 4.69) is 16.9 Å². The highest BCUT2D eigenvalue weighted by molar-refractivity contribution is 6.06. The molecule has 0 bridgehead atoms. The largest absolute Gasteiger partial charge is 0.289 e. The maximum absolute atomic E-state index is 11.1. The molecule has 1 heterocycles. The fourth-order valence-corrected chi connectivity index (χ4v) is 0.861. The first-order valence-electron chi connectivity index (χ1n) is 4.28. The van der Waals surface area contributed by atoms with Gasteiger partial charge in [-0.05, 0) is 23.8 Å². The number of carbonyl (C=O) groups is 2. The second-order valence-electron chi connectivity index (χ2n) is 2.68. The highest BCUT2D eigenvalue weighted by Crippen LogP contribution is 1.97. The van der Waals surface area contributed by atoms with Crippen molar-refractivity contribution in [3.05, 3.63) is 48.8 Å². The molecule has 4 nitrogen and oxygen atoms in total. The fraction of sp³-hybridized carbons (Fsp3) is 0. The van der Waals surface area contributed by atoms with Crippen LogP contribution in [0.4, 0.5) is 0 Å². The zero-order valence-electron chi connectivity index (χ0n) is 8.01. The van der Waals surface area contributed by atoms with Gasteiger partial charge in [0.05, 0.1) is 0 Å². The fourth-order valence-electron chi connectivity index (χ4n) is 0.861. The van der Waals surface area contributed by atoms with Crippen molar-refractivity contribution in [3.8, 4) is 0 Å². The van der Waals surface area contributed by atoms with E-state index >= 15 is 0 Å². The van der Waals surface area contributed by atoms with Crippen LogP contribution in [0.15, 0.2) is 43.3 Å². The van der Waals surface area contributed by atoms with Gasteiger partial charge in [0.15, 0.2) is 0 Å². The third-order valence-electron chi connectivity index (χ3n) is 1.54. The van der Waals surface area contributed by atoms with Gasteiger partial charge in [-0.2, -0.15) is 0 Å². The number of hydrogen-bond donors (Lipinski definition) is 1. The third kappa shape index (κ3) is 3.99. The average molecular weight is 202 g/mol. The first-order chi connectivity index (χ1) is 7.22. The summed E-state index contributed by atoms with van der Waals surface area (Å²) in [5.74, 6) is -1.00. The summed E-state index contributed by atoms with van der Waals surface area (Å²) in [4.78, 5) is 25.7. The van der Waals surface area contributed by atoms with Crippen LogP contribution in [0, 0.1) is 0 Å². The van der Waals surface area contributed by atoms with Crippen molar-refractivity contribution < 1.29 is 9.59 Å². The van der Waals surface area contributed by atoms with E-state index in [-0.39, 0.29) is 0 Å². The topological polar surface area (TPSA) is 59.1 Å². The molecule has 2 amide bonds. The number of rotatable bonds is 3. The van der Waals surface area contributed by atoms with Gasteiger partial charge < -0.3 is 0 Å². The van der Waals surface area contributed by atoms with Crippen LogP contribution in [0.2, 0.25) is 0 Å². The molecule has 0 saturated carbocycles. The molecule has 0 spiro atoms. The Hall–Kier alpha value is -2.23. The molecule has 0 aliphatic heterocycles. The summed E-state index contributed by atoms with van der Waals surface area (Å²) in [6.07, 6.45) is 7.12. The van der Waals surface area contributed by atoms with Crippen LogP contribution in [-0.4, -0.2) is 16.8 Å². The smallest absolute Gasteiger partial charge is 0.250 e. The standard InChI is InChI=1S/C11H10N2O2/c1-2-10(14)13-11(15)6-5-9-4-3-7-12-8-9/h2-8H,1H2,(H,13,14,15)/b6-5-. The van der Waals surface area contributed by atoms with E-state index in [4.69, 9.17) is 0 Å². The molecule has 1 N–H and O–H groups in total. The van der Waals surface area contributed by atoms with E-state index in [0.717, 1.165) is 11.6 Å². The van der Waals surface area contributed by atoms with E-state index in [0.29, 0.717) is 0 Å². The van der Waals surface area contributed by atoms with Crippen LogP contribution in [0.5, 0.6) is 0 Å². The Kier molecular flexibility index (Phi) is 3.97. The lowest BCUT2D eigenvalue weighted by Crippen LogP contribution is -2.26. The predicted molar refractivity (Wildman–Crippen MR) is 56.6 cm³/mol. The molecule has 0 unspecified atom stereocenters. The van der Waals surface area contributed by atoms with Gasteiger partial charge >= 0.3 is 0 Å². The summed E-state index contributed by atoms with van der Waals surface area (Å²) in [5, 5.41) is 2.10. The van der Waals surface area contributed by atoms with Crippen molar-refractivity contribution in [2.75, 3.05) is 0 Å². The Morgan fingerprint density at radius 2 is 2.20 bits per heavy atom. The summed E-state index contributed by atoms with van der Waals surface area (Å²) in [7, 11) is 0. The summed E-state index contributed by atoms with van der Waals surface area (Å²) < 4.78 is 0. The summed E-state index contributed by atoms with van der Waals surface area (Å²) in [6.45, 7) is 3.23. The zero-order valence-corrected chi connectivity index (χ0v) is 8.01. The molecule has 1 aromatic rings. The molecule has 0 aromatic carbocycles. The second kappa shape index (κ2) is 5.49. The second-order valence-corrected chi connectivity index (χ2v) is 2.68. The van der Waals surface area contributed by atoms with Gasteiger partial charge in [-0.1, -0.05) is 12.6 Å². The van der Waals surface area contributed by atoms with Gasteiger partial charge in [0.25, 0.3) is 5.91 Å². The van der Waals surface area contributed by atoms with Gasteiger partial charge in [0.2, 0.25) is 5.91 Å². The number of nitrogens with one attached hydrogen (secondary N) is 1. The SMILES string of the molecule is C=CC(=O)NC(=O)/C=C\c1cccnc1. The maximum Gasteiger partial charge on any atom is 0.250 e. The first kappa shape index (κ1) is 10.8. The number of pyridine rings is 1. The van der Waals surface area contributed by atoms with Crippen molar-refractivity contribution in [1.29, 1.82) is 0 Å². The molecule has 0 saturated heterocycles. The number of amides is 2. The molecule has 0 aliphatic carbocycles. The molecule has 4 heteroatoms. The first-order valence-corrected chi connectivity index (χ1v) is 4.28. The molecule has 0 aliphatic rings. The molecular weight excluding hydrogens is 192 g/mol. The minimum absolute atomic E-state index is 0.483. The minimum Gasteiger partial charge on any atom is -0.289 e. The number of hydrogen-bond acceptors (Lipinski definition) is 3. The Bertz CT molecular complexity index is 396.